The highest BCUT2D eigenvalue weighted by atomic mass is 19.4. The van der Waals surface area contributed by atoms with Crippen LogP contribution in [0.15, 0.2) is 42.6 Å². The van der Waals surface area contributed by atoms with Gasteiger partial charge in [0.15, 0.2) is 0 Å². The second-order valence-electron chi connectivity index (χ2n) is 9.25. The van der Waals surface area contributed by atoms with Crippen molar-refractivity contribution < 1.29 is 78.7 Å². The number of pyridine rings is 2. The zero-order chi connectivity index (χ0) is 34.6. The number of halogens is 9. The quantitative estimate of drug-likeness (QED) is 0.394. The second-order valence-corrected chi connectivity index (χ2v) is 9.25. The Balaban J connectivity index is 0.000000396. The van der Waals surface area contributed by atoms with Crippen molar-refractivity contribution in [3.05, 3.63) is 54.0 Å². The third kappa shape index (κ3) is 14.9. The SMILES string of the molecule is Cc1cccc(CN2CC[C@]3(C[C@@H](Oc4ccccn4)CO3)C2)n1.O=C(O)C(F)(F)F.O=C(O)C(F)(F)F.O=C(O)C(F)(F)F. The summed E-state index contributed by atoms with van der Waals surface area (Å²) in [5.41, 5.74) is 2.14. The number of alkyl halides is 9. The van der Waals surface area contributed by atoms with Gasteiger partial charge in [-0.15, -0.1) is 0 Å². The monoisotopic (exact) mass is 667 g/mol. The molecule has 0 saturated carbocycles. The molecule has 2 atom stereocenters. The summed E-state index contributed by atoms with van der Waals surface area (Å²) in [4.78, 5) is 38.0. The topological polar surface area (TPSA) is 159 Å². The first-order valence-corrected chi connectivity index (χ1v) is 12.3. The number of likely N-dealkylation sites (tertiary alicyclic amines) is 1. The molecular formula is C25H26F9N3O8. The van der Waals surface area contributed by atoms with Crippen LogP contribution in [-0.4, -0.2) is 98.0 Å². The molecule has 252 valence electrons. The highest BCUT2D eigenvalue weighted by molar-refractivity contribution is 5.73. The van der Waals surface area contributed by atoms with Crippen LogP contribution in [0.5, 0.6) is 5.88 Å². The lowest BCUT2D eigenvalue weighted by molar-refractivity contribution is -0.193. The molecule has 2 aliphatic heterocycles. The maximum Gasteiger partial charge on any atom is 0.490 e. The molecule has 2 fully saturated rings. The van der Waals surface area contributed by atoms with Gasteiger partial charge in [-0.3, -0.25) is 9.88 Å². The lowest BCUT2D eigenvalue weighted by Crippen LogP contribution is -2.33. The number of hydrogen-bond acceptors (Lipinski definition) is 8. The third-order valence-corrected chi connectivity index (χ3v) is 5.55. The molecule has 1 spiro atoms. The summed E-state index contributed by atoms with van der Waals surface area (Å²) >= 11 is 0. The van der Waals surface area contributed by atoms with Crippen LogP contribution >= 0.6 is 0 Å². The van der Waals surface area contributed by atoms with E-state index in [2.05, 4.69) is 27.0 Å². The number of aliphatic carboxylic acids is 3. The van der Waals surface area contributed by atoms with Gasteiger partial charge in [-0.25, -0.2) is 19.4 Å². The van der Waals surface area contributed by atoms with Crippen LogP contribution in [0.1, 0.15) is 24.2 Å². The summed E-state index contributed by atoms with van der Waals surface area (Å²) < 4.78 is 107. The predicted molar refractivity (Wildman–Crippen MR) is 132 cm³/mol. The molecule has 0 amide bonds. The van der Waals surface area contributed by atoms with Crippen molar-refractivity contribution in [2.24, 2.45) is 0 Å². The largest absolute Gasteiger partial charge is 0.490 e. The Morgan fingerprint density at radius 2 is 1.44 bits per heavy atom. The number of carboxylic acid groups (broad SMARTS) is 3. The van der Waals surface area contributed by atoms with Crippen molar-refractivity contribution >= 4 is 17.9 Å². The van der Waals surface area contributed by atoms with Gasteiger partial charge in [0.05, 0.1) is 17.9 Å². The fourth-order valence-electron chi connectivity index (χ4n) is 3.73. The molecule has 4 rings (SSSR count). The number of hydrogen-bond donors (Lipinski definition) is 3. The van der Waals surface area contributed by atoms with Gasteiger partial charge < -0.3 is 24.8 Å². The van der Waals surface area contributed by atoms with Crippen LogP contribution in [-0.2, 0) is 25.7 Å². The van der Waals surface area contributed by atoms with Gasteiger partial charge in [-0.1, -0.05) is 12.1 Å². The van der Waals surface area contributed by atoms with Crippen molar-refractivity contribution in [1.29, 1.82) is 0 Å². The van der Waals surface area contributed by atoms with Crippen LogP contribution in [0.25, 0.3) is 0 Å². The molecule has 2 aliphatic rings. The van der Waals surface area contributed by atoms with Crippen LogP contribution in [0, 0.1) is 6.92 Å². The molecule has 4 heterocycles. The Morgan fingerprint density at radius 1 is 0.911 bits per heavy atom. The van der Waals surface area contributed by atoms with E-state index in [1.54, 1.807) is 6.20 Å². The first-order valence-electron chi connectivity index (χ1n) is 12.3. The zero-order valence-electron chi connectivity index (χ0n) is 23.0. The molecular weight excluding hydrogens is 641 g/mol. The van der Waals surface area contributed by atoms with Gasteiger partial charge in [0.1, 0.15) is 6.10 Å². The smallest absolute Gasteiger partial charge is 0.475 e. The predicted octanol–water partition coefficient (Wildman–Crippen LogP) is 4.50. The Hall–Kier alpha value is -4.20. The minimum absolute atomic E-state index is 0.0662. The van der Waals surface area contributed by atoms with Gasteiger partial charge >= 0.3 is 36.4 Å². The van der Waals surface area contributed by atoms with E-state index in [0.717, 1.165) is 43.9 Å². The van der Waals surface area contributed by atoms with Crippen LogP contribution in [0.3, 0.4) is 0 Å². The molecule has 2 aromatic rings. The first-order chi connectivity index (χ1) is 20.5. The van der Waals surface area contributed by atoms with E-state index in [9.17, 15) is 39.5 Å². The van der Waals surface area contributed by atoms with Crippen LogP contribution in [0.4, 0.5) is 39.5 Å². The maximum absolute atomic E-state index is 10.6. The molecule has 0 radical (unpaired) electrons. The van der Waals surface area contributed by atoms with E-state index in [4.69, 9.17) is 39.2 Å². The molecule has 2 aromatic heterocycles. The van der Waals surface area contributed by atoms with Gasteiger partial charge in [0.25, 0.3) is 0 Å². The fraction of sp³-hybridized carbons (Fsp3) is 0.480. The molecule has 20 heteroatoms. The van der Waals surface area contributed by atoms with Crippen molar-refractivity contribution in [3.8, 4) is 5.88 Å². The van der Waals surface area contributed by atoms with Crippen LogP contribution in [0.2, 0.25) is 0 Å². The second kappa shape index (κ2) is 16.2. The van der Waals surface area contributed by atoms with Crippen molar-refractivity contribution in [2.75, 3.05) is 19.7 Å². The van der Waals surface area contributed by atoms with Gasteiger partial charge in [-0.2, -0.15) is 39.5 Å². The normalized spacial score (nSPS) is 19.6. The van der Waals surface area contributed by atoms with E-state index >= 15 is 0 Å². The number of ether oxygens (including phenoxy) is 2. The lowest BCUT2D eigenvalue weighted by atomic mass is 9.98. The number of carboxylic acids is 3. The summed E-state index contributed by atoms with van der Waals surface area (Å²) in [6.07, 6.45) is -11.4. The highest BCUT2D eigenvalue weighted by Gasteiger charge is 2.46. The molecule has 0 bridgehead atoms. The standard InChI is InChI=1S/C19H23N3O2.3C2HF3O2/c1-15-5-4-6-16(21-15)12-22-10-8-19(14-22)11-17(13-23-19)24-18-7-2-3-9-20-18;3*3-2(4,5)1(6)7/h2-7,9,17H,8,10-14H2,1H3;3*(H,6,7)/t17-,19+;;;/m1.../s1. The van der Waals surface area contributed by atoms with Crippen molar-refractivity contribution in [3.63, 3.8) is 0 Å². The van der Waals surface area contributed by atoms with Gasteiger partial charge in [0, 0.05) is 44.0 Å². The molecule has 0 aliphatic carbocycles. The Bertz CT molecular complexity index is 1200. The molecule has 11 nitrogen and oxygen atoms in total. The number of nitrogens with zero attached hydrogens (tertiary/aromatic N) is 3. The molecule has 3 N–H and O–H groups in total. The Morgan fingerprint density at radius 3 is 1.89 bits per heavy atom. The molecule has 0 aromatic carbocycles. The minimum atomic E-state index is -5.08. The highest BCUT2D eigenvalue weighted by Crippen LogP contribution is 2.36. The fourth-order valence-corrected chi connectivity index (χ4v) is 3.73. The molecule has 2 saturated heterocycles. The Labute approximate surface area is 248 Å². The summed E-state index contributed by atoms with van der Waals surface area (Å²) in [7, 11) is 0. The number of aromatic nitrogens is 2. The molecule has 0 unspecified atom stereocenters. The van der Waals surface area contributed by atoms with Crippen molar-refractivity contribution in [1.82, 2.24) is 14.9 Å². The summed E-state index contributed by atoms with van der Waals surface area (Å²) in [5, 5.41) is 21.4. The maximum atomic E-state index is 10.6. The van der Waals surface area contributed by atoms with Gasteiger partial charge in [-0.05, 0) is 31.5 Å². The van der Waals surface area contributed by atoms with E-state index < -0.39 is 36.4 Å². The third-order valence-electron chi connectivity index (χ3n) is 5.55. The van der Waals surface area contributed by atoms with E-state index in [0.29, 0.717) is 12.5 Å². The van der Waals surface area contributed by atoms with E-state index in [-0.39, 0.29) is 11.7 Å². The number of aryl methyl sites for hydroxylation is 1. The number of rotatable bonds is 4. The summed E-state index contributed by atoms with van der Waals surface area (Å²) in [6, 6.07) is 11.9. The summed E-state index contributed by atoms with van der Waals surface area (Å²) in [5.74, 6) is -7.59. The average molecular weight is 667 g/mol. The summed E-state index contributed by atoms with van der Waals surface area (Å²) in [6.45, 7) is 5.57. The molecule has 45 heavy (non-hydrogen) atoms. The Kier molecular flexibility index (Phi) is 14.0. The zero-order valence-corrected chi connectivity index (χ0v) is 23.0. The van der Waals surface area contributed by atoms with Crippen molar-refractivity contribution in [2.45, 2.75) is 56.5 Å². The number of carbonyl (C=O) groups is 3. The lowest BCUT2D eigenvalue weighted by Gasteiger charge is -2.23. The minimum Gasteiger partial charge on any atom is -0.475 e. The van der Waals surface area contributed by atoms with Crippen LogP contribution < -0.4 is 4.74 Å². The average Bonchev–Trinajstić information content (AvgIpc) is 3.49. The first kappa shape index (κ1) is 38.8. The van der Waals surface area contributed by atoms with E-state index in [1.165, 1.54) is 0 Å². The van der Waals surface area contributed by atoms with E-state index in [1.807, 2.05) is 31.2 Å². The van der Waals surface area contributed by atoms with Gasteiger partial charge in [0.2, 0.25) is 5.88 Å².